The van der Waals surface area contributed by atoms with Gasteiger partial charge in [0.25, 0.3) is 0 Å². The SMILES string of the molecule is C[C@@H]1C[C@@H]1C(=O)N1Cc2ccnn2[C@@H](CC(=O)NCc2ccccn2)C1. The van der Waals surface area contributed by atoms with Gasteiger partial charge in [0, 0.05) is 24.9 Å². The average Bonchev–Trinajstić information content (AvgIpc) is 3.18. The molecule has 1 N–H and O–H groups in total. The minimum Gasteiger partial charge on any atom is -0.350 e. The Bertz CT molecular complexity index is 803. The topological polar surface area (TPSA) is 80.1 Å². The highest BCUT2D eigenvalue weighted by Gasteiger charge is 2.43. The Kier molecular flexibility index (Phi) is 4.44. The third-order valence-electron chi connectivity index (χ3n) is 5.23. The second kappa shape index (κ2) is 6.90. The summed E-state index contributed by atoms with van der Waals surface area (Å²) < 4.78 is 1.89. The predicted octanol–water partition coefficient (Wildman–Crippen LogP) is 1.52. The summed E-state index contributed by atoms with van der Waals surface area (Å²) >= 11 is 0. The van der Waals surface area contributed by atoms with Gasteiger partial charge in [-0.3, -0.25) is 19.3 Å². The van der Waals surface area contributed by atoms with E-state index in [2.05, 4.69) is 22.3 Å². The molecule has 1 saturated carbocycles. The van der Waals surface area contributed by atoms with Crippen LogP contribution in [0.15, 0.2) is 36.7 Å². The molecule has 4 rings (SSSR count). The van der Waals surface area contributed by atoms with Gasteiger partial charge in [-0.1, -0.05) is 13.0 Å². The van der Waals surface area contributed by atoms with Gasteiger partial charge in [-0.25, -0.2) is 0 Å². The lowest BCUT2D eigenvalue weighted by Crippen LogP contribution is -2.43. The molecule has 3 heterocycles. The van der Waals surface area contributed by atoms with Crippen molar-refractivity contribution in [3.05, 3.63) is 48.0 Å². The first-order chi connectivity index (χ1) is 12.6. The van der Waals surface area contributed by atoms with Gasteiger partial charge >= 0.3 is 0 Å². The molecule has 2 amide bonds. The Morgan fingerprint density at radius 2 is 2.12 bits per heavy atom. The maximum atomic E-state index is 12.6. The summed E-state index contributed by atoms with van der Waals surface area (Å²) in [5, 5.41) is 7.27. The number of rotatable bonds is 5. The first kappa shape index (κ1) is 16.8. The van der Waals surface area contributed by atoms with Crippen molar-refractivity contribution in [3.63, 3.8) is 0 Å². The Labute approximate surface area is 152 Å². The Morgan fingerprint density at radius 3 is 2.85 bits per heavy atom. The molecule has 0 bridgehead atoms. The summed E-state index contributed by atoms with van der Waals surface area (Å²) in [6.45, 7) is 3.63. The van der Waals surface area contributed by atoms with E-state index in [-0.39, 0.29) is 23.8 Å². The van der Waals surface area contributed by atoms with Crippen molar-refractivity contribution in [1.29, 1.82) is 0 Å². The Hall–Kier alpha value is -2.70. The maximum Gasteiger partial charge on any atom is 0.226 e. The second-order valence-corrected chi connectivity index (χ2v) is 7.26. The minimum absolute atomic E-state index is 0.0591. The molecule has 26 heavy (non-hydrogen) atoms. The van der Waals surface area contributed by atoms with Crippen molar-refractivity contribution in [2.24, 2.45) is 11.8 Å². The van der Waals surface area contributed by atoms with E-state index < -0.39 is 0 Å². The quantitative estimate of drug-likeness (QED) is 0.884. The van der Waals surface area contributed by atoms with Crippen LogP contribution in [-0.4, -0.2) is 38.0 Å². The molecule has 0 saturated heterocycles. The van der Waals surface area contributed by atoms with Gasteiger partial charge in [-0.15, -0.1) is 0 Å². The summed E-state index contributed by atoms with van der Waals surface area (Å²) in [5.74, 6) is 0.789. The monoisotopic (exact) mass is 353 g/mol. The van der Waals surface area contributed by atoms with Crippen molar-refractivity contribution in [1.82, 2.24) is 25.0 Å². The fourth-order valence-electron chi connectivity index (χ4n) is 3.59. The van der Waals surface area contributed by atoms with Crippen LogP contribution in [0.25, 0.3) is 0 Å². The van der Waals surface area contributed by atoms with Gasteiger partial charge in [-0.2, -0.15) is 5.10 Å². The number of nitrogens with one attached hydrogen (secondary N) is 1. The zero-order valence-electron chi connectivity index (χ0n) is 14.8. The van der Waals surface area contributed by atoms with Crippen molar-refractivity contribution in [2.45, 2.75) is 38.9 Å². The van der Waals surface area contributed by atoms with Crippen molar-refractivity contribution in [2.75, 3.05) is 6.54 Å². The highest BCUT2D eigenvalue weighted by Crippen LogP contribution is 2.40. The number of aromatic nitrogens is 3. The molecule has 0 aromatic carbocycles. The molecule has 7 heteroatoms. The number of fused-ring (bicyclic) bond motifs is 1. The van der Waals surface area contributed by atoms with Crippen molar-refractivity contribution in [3.8, 4) is 0 Å². The lowest BCUT2D eigenvalue weighted by atomic mass is 10.1. The van der Waals surface area contributed by atoms with E-state index in [1.807, 2.05) is 33.8 Å². The molecule has 3 atom stereocenters. The largest absolute Gasteiger partial charge is 0.350 e. The van der Waals surface area contributed by atoms with Crippen LogP contribution in [0, 0.1) is 11.8 Å². The summed E-state index contributed by atoms with van der Waals surface area (Å²) in [5.41, 5.74) is 1.81. The van der Waals surface area contributed by atoms with Crippen LogP contribution in [0.2, 0.25) is 0 Å². The third-order valence-corrected chi connectivity index (χ3v) is 5.23. The fourth-order valence-corrected chi connectivity index (χ4v) is 3.59. The molecule has 0 radical (unpaired) electrons. The molecule has 7 nitrogen and oxygen atoms in total. The normalized spacial score (nSPS) is 24.0. The highest BCUT2D eigenvalue weighted by molar-refractivity contribution is 5.82. The molecule has 1 fully saturated rings. The smallest absolute Gasteiger partial charge is 0.226 e. The van der Waals surface area contributed by atoms with Crippen LogP contribution >= 0.6 is 0 Å². The first-order valence-electron chi connectivity index (χ1n) is 9.09. The van der Waals surface area contributed by atoms with Crippen molar-refractivity contribution >= 4 is 11.8 Å². The number of nitrogens with zero attached hydrogens (tertiary/aromatic N) is 4. The van der Waals surface area contributed by atoms with E-state index in [0.29, 0.717) is 32.0 Å². The lowest BCUT2D eigenvalue weighted by molar-refractivity contribution is -0.136. The van der Waals surface area contributed by atoms with Crippen LogP contribution in [0.4, 0.5) is 0 Å². The molecular formula is C19H23N5O2. The fraction of sp³-hybridized carbons (Fsp3) is 0.474. The summed E-state index contributed by atoms with van der Waals surface area (Å²) in [4.78, 5) is 31.1. The number of amides is 2. The third kappa shape index (κ3) is 3.47. The second-order valence-electron chi connectivity index (χ2n) is 7.26. The van der Waals surface area contributed by atoms with Crippen LogP contribution in [0.5, 0.6) is 0 Å². The maximum absolute atomic E-state index is 12.6. The molecule has 1 aliphatic carbocycles. The molecule has 2 aromatic heterocycles. The van der Waals surface area contributed by atoms with Gasteiger partial charge in [0.15, 0.2) is 0 Å². The van der Waals surface area contributed by atoms with E-state index in [1.165, 1.54) is 0 Å². The zero-order valence-corrected chi connectivity index (χ0v) is 14.8. The van der Waals surface area contributed by atoms with Gasteiger partial charge in [0.2, 0.25) is 11.8 Å². The molecule has 0 unspecified atom stereocenters. The summed E-state index contributed by atoms with van der Waals surface area (Å²) in [7, 11) is 0. The molecule has 0 spiro atoms. The van der Waals surface area contributed by atoms with Crippen LogP contribution in [0.1, 0.15) is 37.2 Å². The zero-order chi connectivity index (χ0) is 18.1. The molecule has 136 valence electrons. The molecule has 2 aromatic rings. The van der Waals surface area contributed by atoms with Crippen LogP contribution in [0.3, 0.4) is 0 Å². The van der Waals surface area contributed by atoms with Crippen LogP contribution in [-0.2, 0) is 22.7 Å². The van der Waals surface area contributed by atoms with Gasteiger partial charge in [0.05, 0.1) is 36.9 Å². The highest BCUT2D eigenvalue weighted by atomic mass is 16.2. The van der Waals surface area contributed by atoms with Gasteiger partial charge < -0.3 is 10.2 Å². The van der Waals surface area contributed by atoms with E-state index in [1.54, 1.807) is 12.4 Å². The number of carbonyl (C=O) groups excluding carboxylic acids is 2. The number of hydrogen-bond acceptors (Lipinski definition) is 4. The van der Waals surface area contributed by atoms with E-state index in [0.717, 1.165) is 17.8 Å². The van der Waals surface area contributed by atoms with Gasteiger partial charge in [-0.05, 0) is 30.5 Å². The van der Waals surface area contributed by atoms with Gasteiger partial charge in [0.1, 0.15) is 0 Å². The number of pyridine rings is 1. The van der Waals surface area contributed by atoms with E-state index >= 15 is 0 Å². The minimum atomic E-state index is -0.129. The number of hydrogen-bond donors (Lipinski definition) is 1. The van der Waals surface area contributed by atoms with Crippen LogP contribution < -0.4 is 5.32 Å². The standard InChI is InChI=1S/C19H23N5O2/c1-13-8-17(13)19(26)23-11-15-5-7-22-24(15)16(12-23)9-18(25)21-10-14-4-2-3-6-20-14/h2-7,13,16-17H,8-12H2,1H3,(H,21,25)/t13-,16+,17+/m1/s1. The molecule has 2 aliphatic rings. The summed E-state index contributed by atoms with van der Waals surface area (Å²) in [6, 6.07) is 7.42. The number of carbonyl (C=O) groups is 2. The van der Waals surface area contributed by atoms with Crippen molar-refractivity contribution < 1.29 is 9.59 Å². The first-order valence-corrected chi connectivity index (χ1v) is 9.09. The Morgan fingerprint density at radius 1 is 1.27 bits per heavy atom. The van der Waals surface area contributed by atoms with E-state index in [9.17, 15) is 9.59 Å². The average molecular weight is 353 g/mol. The molecular weight excluding hydrogens is 330 g/mol. The summed E-state index contributed by atoms with van der Waals surface area (Å²) in [6.07, 6.45) is 4.72. The molecule has 1 aliphatic heterocycles. The van der Waals surface area contributed by atoms with E-state index in [4.69, 9.17) is 0 Å². The lowest BCUT2D eigenvalue weighted by Gasteiger charge is -2.34. The Balaban J connectivity index is 1.40. The predicted molar refractivity (Wildman–Crippen MR) is 94.7 cm³/mol.